The molecule has 0 aliphatic rings. The molecule has 0 radical (unpaired) electrons. The molecule has 0 aliphatic heterocycles. The number of aryl methyl sites for hydroxylation is 1. The molecule has 1 aromatic carbocycles. The molecule has 0 bridgehead atoms. The van der Waals surface area contributed by atoms with Gasteiger partial charge in [0.25, 0.3) is 0 Å². The average molecular weight is 193 g/mol. The van der Waals surface area contributed by atoms with Crippen molar-refractivity contribution in [1.29, 1.82) is 0 Å². The Hall–Kier alpha value is -0.900. The van der Waals surface area contributed by atoms with Crippen LogP contribution in [0.15, 0.2) is 18.2 Å². The van der Waals surface area contributed by atoms with E-state index in [0.29, 0.717) is 13.1 Å². The molecule has 14 heavy (non-hydrogen) atoms. The van der Waals surface area contributed by atoms with Crippen LogP contribution >= 0.6 is 0 Å². The summed E-state index contributed by atoms with van der Waals surface area (Å²) in [6, 6.07) is 6.18. The largest absolute Gasteiger partial charge is 0.330 e. The van der Waals surface area contributed by atoms with Gasteiger partial charge in [-0.15, -0.1) is 0 Å². The zero-order valence-electron chi connectivity index (χ0n) is 8.50. The molecule has 0 unspecified atom stereocenters. The summed E-state index contributed by atoms with van der Waals surface area (Å²) in [6.07, 6.45) is 2.00. The lowest BCUT2D eigenvalue weighted by Crippen LogP contribution is -2.10. The van der Waals surface area contributed by atoms with Gasteiger partial charge in [-0.25, -0.2) is 0 Å². The summed E-state index contributed by atoms with van der Waals surface area (Å²) in [4.78, 5) is 0. The van der Waals surface area contributed by atoms with Gasteiger partial charge in [0.05, 0.1) is 0 Å². The zero-order valence-corrected chi connectivity index (χ0v) is 8.50. The SMILES string of the molecule is NCCCc1cccc(CN)c1CN. The molecular formula is C11H19N3. The van der Waals surface area contributed by atoms with E-state index in [-0.39, 0.29) is 0 Å². The highest BCUT2D eigenvalue weighted by Crippen LogP contribution is 2.15. The lowest BCUT2D eigenvalue weighted by atomic mass is 9.97. The number of benzene rings is 1. The Labute approximate surface area is 85.3 Å². The van der Waals surface area contributed by atoms with Crippen LogP contribution in [0.5, 0.6) is 0 Å². The minimum absolute atomic E-state index is 0.559. The van der Waals surface area contributed by atoms with Gasteiger partial charge in [-0.3, -0.25) is 0 Å². The Morgan fingerprint density at radius 1 is 0.929 bits per heavy atom. The van der Waals surface area contributed by atoms with Crippen molar-refractivity contribution in [2.24, 2.45) is 17.2 Å². The molecule has 1 rings (SSSR count). The van der Waals surface area contributed by atoms with Crippen LogP contribution in [0.1, 0.15) is 23.1 Å². The van der Waals surface area contributed by atoms with Crippen LogP contribution in [0.25, 0.3) is 0 Å². The van der Waals surface area contributed by atoms with E-state index in [1.165, 1.54) is 11.1 Å². The normalized spacial score (nSPS) is 10.5. The number of hydrogen-bond donors (Lipinski definition) is 3. The third-order valence-corrected chi connectivity index (χ3v) is 2.44. The Morgan fingerprint density at radius 3 is 2.21 bits per heavy atom. The van der Waals surface area contributed by atoms with Crippen LogP contribution in [-0.2, 0) is 19.5 Å². The Bertz CT molecular complexity index is 284. The Balaban J connectivity index is 2.90. The number of hydrogen-bond acceptors (Lipinski definition) is 3. The highest BCUT2D eigenvalue weighted by molar-refractivity contribution is 5.35. The van der Waals surface area contributed by atoms with Crippen LogP contribution in [0.2, 0.25) is 0 Å². The summed E-state index contributed by atoms with van der Waals surface area (Å²) >= 11 is 0. The quantitative estimate of drug-likeness (QED) is 0.637. The summed E-state index contributed by atoms with van der Waals surface area (Å²) < 4.78 is 0. The van der Waals surface area contributed by atoms with Crippen molar-refractivity contribution in [3.8, 4) is 0 Å². The van der Waals surface area contributed by atoms with Crippen molar-refractivity contribution in [3.05, 3.63) is 34.9 Å². The van der Waals surface area contributed by atoms with Crippen LogP contribution in [0.3, 0.4) is 0 Å². The molecule has 0 spiro atoms. The van der Waals surface area contributed by atoms with E-state index in [4.69, 9.17) is 17.2 Å². The molecule has 6 N–H and O–H groups in total. The fraction of sp³-hybridized carbons (Fsp3) is 0.455. The Morgan fingerprint density at radius 2 is 1.64 bits per heavy atom. The monoisotopic (exact) mass is 193 g/mol. The van der Waals surface area contributed by atoms with Crippen LogP contribution in [-0.4, -0.2) is 6.54 Å². The molecule has 0 saturated heterocycles. The molecule has 0 saturated carbocycles. The third-order valence-electron chi connectivity index (χ3n) is 2.44. The zero-order chi connectivity index (χ0) is 10.4. The molecule has 0 amide bonds. The first-order valence-electron chi connectivity index (χ1n) is 5.03. The van der Waals surface area contributed by atoms with Gasteiger partial charge in [-0.05, 0) is 36.1 Å². The molecule has 0 fully saturated rings. The first-order valence-corrected chi connectivity index (χ1v) is 5.03. The smallest absolute Gasteiger partial charge is 0.0184 e. The van der Waals surface area contributed by atoms with Gasteiger partial charge < -0.3 is 17.2 Å². The van der Waals surface area contributed by atoms with Crippen molar-refractivity contribution in [2.45, 2.75) is 25.9 Å². The second-order valence-electron chi connectivity index (χ2n) is 3.36. The lowest BCUT2D eigenvalue weighted by molar-refractivity contribution is 0.814. The minimum Gasteiger partial charge on any atom is -0.330 e. The molecule has 1 aromatic rings. The van der Waals surface area contributed by atoms with E-state index in [9.17, 15) is 0 Å². The standard InChI is InChI=1S/C11H19N3/c12-6-2-5-9-3-1-4-10(7-13)11(9)8-14/h1,3-4H,2,5-8,12-14H2. The summed E-state index contributed by atoms with van der Waals surface area (Å²) in [5, 5.41) is 0. The molecule has 3 nitrogen and oxygen atoms in total. The van der Waals surface area contributed by atoms with Gasteiger partial charge in [0.2, 0.25) is 0 Å². The topological polar surface area (TPSA) is 78.1 Å². The molecule has 0 aromatic heterocycles. The second kappa shape index (κ2) is 5.75. The summed E-state index contributed by atoms with van der Waals surface area (Å²) in [7, 11) is 0. The van der Waals surface area contributed by atoms with Crippen LogP contribution in [0.4, 0.5) is 0 Å². The number of nitrogens with two attached hydrogens (primary N) is 3. The summed E-state index contributed by atoms with van der Waals surface area (Å²) in [6.45, 7) is 1.84. The second-order valence-corrected chi connectivity index (χ2v) is 3.36. The fourth-order valence-electron chi connectivity index (χ4n) is 1.67. The summed E-state index contributed by atoms with van der Waals surface area (Å²) in [5.74, 6) is 0. The molecular weight excluding hydrogens is 174 g/mol. The highest BCUT2D eigenvalue weighted by Gasteiger charge is 2.04. The van der Waals surface area contributed by atoms with Crippen LogP contribution in [0, 0.1) is 0 Å². The molecule has 0 atom stereocenters. The van der Waals surface area contributed by atoms with E-state index >= 15 is 0 Å². The van der Waals surface area contributed by atoms with E-state index in [0.717, 1.165) is 24.9 Å². The van der Waals surface area contributed by atoms with E-state index in [2.05, 4.69) is 6.07 Å². The van der Waals surface area contributed by atoms with Crippen molar-refractivity contribution < 1.29 is 0 Å². The van der Waals surface area contributed by atoms with Gasteiger partial charge in [0.1, 0.15) is 0 Å². The predicted molar refractivity (Wildman–Crippen MR) is 59.6 cm³/mol. The first kappa shape index (κ1) is 11.2. The maximum Gasteiger partial charge on any atom is 0.0184 e. The first-order chi connectivity index (χ1) is 6.83. The van der Waals surface area contributed by atoms with Crippen molar-refractivity contribution >= 4 is 0 Å². The highest BCUT2D eigenvalue weighted by atomic mass is 14.6. The minimum atomic E-state index is 0.559. The summed E-state index contributed by atoms with van der Waals surface area (Å²) in [5.41, 5.74) is 20.5. The molecule has 3 heteroatoms. The maximum atomic E-state index is 5.71. The van der Waals surface area contributed by atoms with Crippen molar-refractivity contribution in [1.82, 2.24) is 0 Å². The van der Waals surface area contributed by atoms with Gasteiger partial charge in [0, 0.05) is 13.1 Å². The van der Waals surface area contributed by atoms with Gasteiger partial charge in [-0.2, -0.15) is 0 Å². The van der Waals surface area contributed by atoms with Gasteiger partial charge in [-0.1, -0.05) is 18.2 Å². The maximum absolute atomic E-state index is 5.71. The van der Waals surface area contributed by atoms with Crippen molar-refractivity contribution in [2.75, 3.05) is 6.54 Å². The lowest BCUT2D eigenvalue weighted by Gasteiger charge is -2.11. The average Bonchev–Trinajstić information content (AvgIpc) is 2.25. The van der Waals surface area contributed by atoms with Crippen molar-refractivity contribution in [3.63, 3.8) is 0 Å². The van der Waals surface area contributed by atoms with E-state index in [1.807, 2.05) is 12.1 Å². The third kappa shape index (κ3) is 2.54. The van der Waals surface area contributed by atoms with E-state index < -0.39 is 0 Å². The van der Waals surface area contributed by atoms with Gasteiger partial charge >= 0.3 is 0 Å². The molecule has 0 heterocycles. The predicted octanol–water partition coefficient (Wildman–Crippen LogP) is 0.495. The fourth-order valence-corrected chi connectivity index (χ4v) is 1.67. The number of rotatable bonds is 5. The molecule has 78 valence electrons. The van der Waals surface area contributed by atoms with Crippen LogP contribution < -0.4 is 17.2 Å². The molecule has 0 aliphatic carbocycles. The Kier molecular flexibility index (Phi) is 4.59. The van der Waals surface area contributed by atoms with Gasteiger partial charge in [0.15, 0.2) is 0 Å². The van der Waals surface area contributed by atoms with E-state index in [1.54, 1.807) is 0 Å².